The Hall–Kier alpha value is -3.36. The molecular formula is C25H28O8. The minimum atomic E-state index is -1.47. The topological polar surface area (TPSA) is 127 Å². The molecule has 0 aliphatic rings. The van der Waals surface area contributed by atoms with Crippen LogP contribution in [0.3, 0.4) is 0 Å². The maximum absolute atomic E-state index is 12.7. The first kappa shape index (κ1) is 25.9. The smallest absolute Gasteiger partial charge is 0.338 e. The van der Waals surface area contributed by atoms with E-state index in [-0.39, 0.29) is 36.5 Å². The molecule has 0 fully saturated rings. The van der Waals surface area contributed by atoms with Gasteiger partial charge < -0.3 is 19.7 Å². The third-order valence-corrected chi connectivity index (χ3v) is 5.28. The number of hydrogen-bond acceptors (Lipinski definition) is 7. The van der Waals surface area contributed by atoms with E-state index in [0.29, 0.717) is 11.1 Å². The van der Waals surface area contributed by atoms with Crippen molar-refractivity contribution in [1.29, 1.82) is 0 Å². The van der Waals surface area contributed by atoms with E-state index >= 15 is 0 Å². The predicted octanol–water partition coefficient (Wildman–Crippen LogP) is 3.56. The standard InChI is InChI=1S/C25H28O8/c1-5-25(4,31)21(27)17-8-12-19(13-9-17)23(30)32-14-15-33-24(2,3)20(26)16-6-10-18(11-7-16)22(28)29/h6-13,31H,5,14-15H2,1-4H3,(H,28,29). The van der Waals surface area contributed by atoms with Gasteiger partial charge in [-0.15, -0.1) is 0 Å². The SMILES string of the molecule is CCC(C)(O)C(=O)c1ccc(C(=O)OCCOC(C)(C)C(=O)c2ccc(C(=O)O)cc2)cc1. The van der Waals surface area contributed by atoms with Crippen molar-refractivity contribution < 1.29 is 38.9 Å². The first-order valence-corrected chi connectivity index (χ1v) is 10.5. The average molecular weight is 456 g/mol. The number of carbonyl (C=O) groups excluding carboxylic acids is 3. The molecule has 0 saturated carbocycles. The van der Waals surface area contributed by atoms with Gasteiger partial charge >= 0.3 is 11.9 Å². The minimum Gasteiger partial charge on any atom is -0.478 e. The van der Waals surface area contributed by atoms with Gasteiger partial charge in [-0.25, -0.2) is 9.59 Å². The van der Waals surface area contributed by atoms with Crippen LogP contribution in [0.1, 0.15) is 75.5 Å². The molecular weight excluding hydrogens is 428 g/mol. The highest BCUT2D eigenvalue weighted by Gasteiger charge is 2.30. The number of hydrogen-bond donors (Lipinski definition) is 2. The maximum Gasteiger partial charge on any atom is 0.338 e. The van der Waals surface area contributed by atoms with Gasteiger partial charge in [0, 0.05) is 11.1 Å². The Labute approximate surface area is 192 Å². The number of aromatic carboxylic acids is 1. The molecule has 2 aromatic carbocycles. The number of rotatable bonds is 11. The molecule has 8 heteroatoms. The Morgan fingerprint density at radius 1 is 0.758 bits per heavy atom. The summed E-state index contributed by atoms with van der Waals surface area (Å²) in [4.78, 5) is 48.1. The molecule has 2 N–H and O–H groups in total. The largest absolute Gasteiger partial charge is 0.478 e. The molecule has 0 heterocycles. The van der Waals surface area contributed by atoms with Gasteiger partial charge in [-0.05, 0) is 51.5 Å². The Balaban J connectivity index is 1.88. The summed E-state index contributed by atoms with van der Waals surface area (Å²) in [5.74, 6) is -2.47. The van der Waals surface area contributed by atoms with Crippen LogP contribution in [0.5, 0.6) is 0 Å². The number of benzene rings is 2. The van der Waals surface area contributed by atoms with Crippen LogP contribution in [0.4, 0.5) is 0 Å². The monoisotopic (exact) mass is 456 g/mol. The van der Waals surface area contributed by atoms with Crippen molar-refractivity contribution >= 4 is 23.5 Å². The lowest BCUT2D eigenvalue weighted by Crippen LogP contribution is -2.36. The second kappa shape index (κ2) is 10.5. The van der Waals surface area contributed by atoms with Crippen LogP contribution < -0.4 is 0 Å². The van der Waals surface area contributed by atoms with E-state index in [0.717, 1.165) is 0 Å². The predicted molar refractivity (Wildman–Crippen MR) is 120 cm³/mol. The number of carbonyl (C=O) groups is 4. The van der Waals surface area contributed by atoms with E-state index in [2.05, 4.69) is 0 Å². The van der Waals surface area contributed by atoms with E-state index in [1.54, 1.807) is 20.8 Å². The zero-order valence-electron chi connectivity index (χ0n) is 19.1. The molecule has 0 amide bonds. The maximum atomic E-state index is 12.7. The Morgan fingerprint density at radius 3 is 1.70 bits per heavy atom. The molecule has 0 aliphatic carbocycles. The average Bonchev–Trinajstić information content (AvgIpc) is 2.80. The molecule has 0 bridgehead atoms. The van der Waals surface area contributed by atoms with Gasteiger partial charge in [-0.1, -0.05) is 31.2 Å². The fourth-order valence-corrected chi connectivity index (χ4v) is 2.92. The van der Waals surface area contributed by atoms with Crippen molar-refractivity contribution in [3.8, 4) is 0 Å². The summed E-state index contributed by atoms with van der Waals surface area (Å²) in [5, 5.41) is 19.0. The molecule has 0 saturated heterocycles. The number of carboxylic acid groups (broad SMARTS) is 1. The highest BCUT2D eigenvalue weighted by atomic mass is 16.6. The van der Waals surface area contributed by atoms with Crippen LogP contribution in [0, 0.1) is 0 Å². The highest BCUT2D eigenvalue weighted by molar-refractivity contribution is 6.03. The molecule has 1 atom stereocenters. The quantitative estimate of drug-likeness (QED) is 0.298. The summed E-state index contributed by atoms with van der Waals surface area (Å²) in [6, 6.07) is 11.3. The van der Waals surface area contributed by atoms with Crippen LogP contribution >= 0.6 is 0 Å². The summed E-state index contributed by atoms with van der Waals surface area (Å²) in [6.07, 6.45) is 0.266. The number of esters is 1. The van der Waals surface area contributed by atoms with Crippen molar-refractivity contribution in [3.63, 3.8) is 0 Å². The molecule has 2 aromatic rings. The van der Waals surface area contributed by atoms with Gasteiger partial charge in [0.1, 0.15) is 17.8 Å². The van der Waals surface area contributed by atoms with Gasteiger partial charge in [-0.3, -0.25) is 9.59 Å². The van der Waals surface area contributed by atoms with E-state index in [1.807, 2.05) is 0 Å². The lowest BCUT2D eigenvalue weighted by Gasteiger charge is -2.24. The second-order valence-corrected chi connectivity index (χ2v) is 8.24. The lowest BCUT2D eigenvalue weighted by molar-refractivity contribution is -0.0244. The minimum absolute atomic E-state index is 0.0341. The molecule has 176 valence electrons. The van der Waals surface area contributed by atoms with Crippen LogP contribution in [0.15, 0.2) is 48.5 Å². The third kappa shape index (κ3) is 6.57. The van der Waals surface area contributed by atoms with Crippen LogP contribution in [-0.4, -0.2) is 58.1 Å². The van der Waals surface area contributed by atoms with E-state index in [1.165, 1.54) is 55.5 Å². The van der Waals surface area contributed by atoms with Crippen LogP contribution in [-0.2, 0) is 9.47 Å². The van der Waals surface area contributed by atoms with Gasteiger partial charge in [0.25, 0.3) is 0 Å². The van der Waals surface area contributed by atoms with Crippen molar-refractivity contribution in [2.24, 2.45) is 0 Å². The summed E-state index contributed by atoms with van der Waals surface area (Å²) in [6.45, 7) is 6.16. The summed E-state index contributed by atoms with van der Waals surface area (Å²) < 4.78 is 10.8. The second-order valence-electron chi connectivity index (χ2n) is 8.24. The van der Waals surface area contributed by atoms with Gasteiger partial charge in [0.05, 0.1) is 17.7 Å². The highest BCUT2D eigenvalue weighted by Crippen LogP contribution is 2.19. The fraction of sp³-hybridized carbons (Fsp3) is 0.360. The first-order chi connectivity index (χ1) is 15.4. The van der Waals surface area contributed by atoms with E-state index in [4.69, 9.17) is 14.6 Å². The van der Waals surface area contributed by atoms with Crippen LogP contribution in [0.2, 0.25) is 0 Å². The van der Waals surface area contributed by atoms with E-state index in [9.17, 15) is 24.3 Å². The normalized spacial score (nSPS) is 13.1. The Kier molecular flexibility index (Phi) is 8.24. The lowest BCUT2D eigenvalue weighted by atomic mass is 9.92. The first-order valence-electron chi connectivity index (χ1n) is 10.5. The molecule has 0 spiro atoms. The molecule has 8 nitrogen and oxygen atoms in total. The summed E-state index contributed by atoms with van der Waals surface area (Å²) in [5.41, 5.74) is -1.78. The van der Waals surface area contributed by atoms with Crippen molar-refractivity contribution in [2.45, 2.75) is 45.3 Å². The number of ketones is 2. The fourth-order valence-electron chi connectivity index (χ4n) is 2.92. The van der Waals surface area contributed by atoms with E-state index < -0.39 is 28.9 Å². The number of aliphatic hydroxyl groups is 1. The number of Topliss-reactive ketones (excluding diaryl/α,β-unsaturated/α-hetero) is 2. The van der Waals surface area contributed by atoms with Crippen molar-refractivity contribution in [1.82, 2.24) is 0 Å². The Bertz CT molecular complexity index is 1020. The van der Waals surface area contributed by atoms with Gasteiger partial charge in [0.15, 0.2) is 11.6 Å². The van der Waals surface area contributed by atoms with Gasteiger partial charge in [-0.2, -0.15) is 0 Å². The number of ether oxygens (including phenoxy) is 2. The van der Waals surface area contributed by atoms with Crippen molar-refractivity contribution in [2.75, 3.05) is 13.2 Å². The molecule has 33 heavy (non-hydrogen) atoms. The summed E-state index contributed by atoms with van der Waals surface area (Å²) >= 11 is 0. The Morgan fingerprint density at radius 2 is 1.21 bits per heavy atom. The molecule has 0 aliphatic heterocycles. The molecule has 1 unspecified atom stereocenters. The zero-order valence-corrected chi connectivity index (χ0v) is 19.1. The van der Waals surface area contributed by atoms with Crippen LogP contribution in [0.25, 0.3) is 0 Å². The molecule has 0 aromatic heterocycles. The molecule has 0 radical (unpaired) electrons. The zero-order chi connectivity index (χ0) is 24.8. The summed E-state index contributed by atoms with van der Waals surface area (Å²) in [7, 11) is 0. The third-order valence-electron chi connectivity index (χ3n) is 5.28. The van der Waals surface area contributed by atoms with Gasteiger partial charge in [0.2, 0.25) is 0 Å². The van der Waals surface area contributed by atoms with Crippen molar-refractivity contribution in [3.05, 3.63) is 70.8 Å². The number of carboxylic acids is 1. The molecule has 2 rings (SSSR count).